The molecule has 8 nitrogen and oxygen atoms in total. The first-order valence-electron chi connectivity index (χ1n) is 20.2. The van der Waals surface area contributed by atoms with Crippen molar-refractivity contribution in [2.75, 3.05) is 13.2 Å². The van der Waals surface area contributed by atoms with E-state index in [0.29, 0.717) is 12.8 Å². The van der Waals surface area contributed by atoms with Crippen LogP contribution in [0.25, 0.3) is 0 Å². The van der Waals surface area contributed by atoms with Gasteiger partial charge < -0.3 is 25.5 Å². The van der Waals surface area contributed by atoms with E-state index < -0.39 is 42.1 Å². The molecule has 4 rings (SSSR count). The maximum Gasteiger partial charge on any atom is 0.329 e. The summed E-state index contributed by atoms with van der Waals surface area (Å²) in [4.78, 5) is 33.3. The van der Waals surface area contributed by atoms with Crippen LogP contribution in [0, 0.1) is 28.6 Å². The summed E-state index contributed by atoms with van der Waals surface area (Å²) in [6.07, 6.45) is 31.4. The van der Waals surface area contributed by atoms with Gasteiger partial charge in [-0.05, 0) is 56.1 Å². The third-order valence-electron chi connectivity index (χ3n) is 12.6. The second-order valence-electron chi connectivity index (χ2n) is 16.0. The second-order valence-corrected chi connectivity index (χ2v) is 17.0. The van der Waals surface area contributed by atoms with Crippen LogP contribution >= 0.6 is 0 Å². The van der Waals surface area contributed by atoms with Crippen LogP contribution in [-0.4, -0.2) is 95.9 Å². The molecule has 0 amide bonds. The molecular weight excluding hydrogens is 643 g/mol. The van der Waals surface area contributed by atoms with Crippen LogP contribution in [0.3, 0.4) is 0 Å². The van der Waals surface area contributed by atoms with Gasteiger partial charge in [-0.1, -0.05) is 64.5 Å². The van der Waals surface area contributed by atoms with Crippen LogP contribution in [-0.2, 0) is 14.4 Å². The van der Waals surface area contributed by atoms with Gasteiger partial charge in [0, 0.05) is 16.7 Å². The van der Waals surface area contributed by atoms with E-state index in [0.717, 1.165) is 24.8 Å². The van der Waals surface area contributed by atoms with Crippen LogP contribution in [0.15, 0.2) is 23.8 Å². The Balaban J connectivity index is 0.000000319. The Morgan fingerprint density at radius 1 is 0.840 bits per heavy atom. The van der Waals surface area contributed by atoms with Crippen LogP contribution in [0.4, 0.5) is 0 Å². The van der Waals surface area contributed by atoms with Gasteiger partial charge in [0.25, 0.3) is 0 Å². The average Bonchev–Trinajstić information content (AvgIpc) is 3.37. The average molecular weight is 713 g/mol. The van der Waals surface area contributed by atoms with Gasteiger partial charge in [-0.2, -0.15) is 0 Å². The van der Waals surface area contributed by atoms with Gasteiger partial charge in [0.2, 0.25) is 0 Å². The van der Waals surface area contributed by atoms with Crippen LogP contribution < -0.4 is 0 Å². The van der Waals surface area contributed by atoms with Gasteiger partial charge in [0.05, 0.1) is 6.10 Å². The Kier molecular flexibility index (Phi) is 20.9. The summed E-state index contributed by atoms with van der Waals surface area (Å²) in [5.74, 6) is -1.42. The normalized spacial score (nSPS) is 30.9. The number of unbranched alkanes of at least 4 members (excludes halogenated alkanes) is 15. The summed E-state index contributed by atoms with van der Waals surface area (Å²) in [6, 6.07) is 0. The van der Waals surface area contributed by atoms with Gasteiger partial charge >= 0.3 is 108 Å². The fraction of sp³-hybridized carbons (Fsp3) is 0.829. The summed E-state index contributed by atoms with van der Waals surface area (Å²) in [5.41, 5.74) is -1.54. The van der Waals surface area contributed by atoms with E-state index in [-0.39, 0.29) is 29.0 Å². The summed E-state index contributed by atoms with van der Waals surface area (Å²) >= 11 is 1.41. The van der Waals surface area contributed by atoms with Crippen molar-refractivity contribution < 1.29 is 39.9 Å². The number of aliphatic hydroxyl groups is 4. The molecule has 0 aromatic rings. The second kappa shape index (κ2) is 23.0. The molecule has 0 aromatic carbocycles. The topological polar surface area (TPSA) is 152 Å². The van der Waals surface area contributed by atoms with Gasteiger partial charge in [-0.15, -0.1) is 0 Å². The Morgan fingerprint density at radius 2 is 1.34 bits per heavy atom. The van der Waals surface area contributed by atoms with Gasteiger partial charge in [-0.3, -0.25) is 9.59 Å². The number of hydrogen-bond acceptors (Lipinski definition) is 7. The SMILES string of the molecule is CCCCCCCCCCCCCCCCC[CH2][Na].C[C@]12C=CC(=O)C=C1CC[C@@H]1[C@@H]2[C@@H](O)C[C@@]2(C)[C@H]1CC[C@]2(O)C(=O)CO.O=C(O)CO. The zero-order valence-electron chi connectivity index (χ0n) is 32.0. The quantitative estimate of drug-likeness (QED) is 0.0684. The molecule has 4 aliphatic rings. The number of allylic oxidation sites excluding steroid dienone is 4. The van der Waals surface area contributed by atoms with Crippen LogP contribution in [0.1, 0.15) is 156 Å². The van der Waals surface area contributed by atoms with Gasteiger partial charge in [0.15, 0.2) is 11.6 Å². The minimum Gasteiger partial charge on any atom is -0.480 e. The Bertz CT molecular complexity index is 1090. The van der Waals surface area contributed by atoms with Crippen molar-refractivity contribution in [2.45, 2.75) is 171 Å². The number of aliphatic carboxylic acids is 1. The van der Waals surface area contributed by atoms with Gasteiger partial charge in [0.1, 0.15) is 18.8 Å². The molecule has 0 heterocycles. The van der Waals surface area contributed by atoms with E-state index in [1.54, 1.807) is 12.2 Å². The fourth-order valence-corrected chi connectivity index (χ4v) is 10.2. The summed E-state index contributed by atoms with van der Waals surface area (Å²) < 4.78 is 1.51. The van der Waals surface area contributed by atoms with E-state index in [2.05, 4.69) is 13.8 Å². The minimum atomic E-state index is -1.56. The smallest absolute Gasteiger partial charge is 0.329 e. The molecule has 4 aliphatic carbocycles. The molecule has 0 aliphatic heterocycles. The number of rotatable bonds is 19. The van der Waals surface area contributed by atoms with Gasteiger partial charge in [-0.25, -0.2) is 4.79 Å². The predicted molar refractivity (Wildman–Crippen MR) is 200 cm³/mol. The molecule has 0 saturated heterocycles. The largest absolute Gasteiger partial charge is 0.480 e. The first-order chi connectivity index (χ1) is 23.9. The number of Topliss-reactive ketones (excluding diaryl/α,β-unsaturated/α-hetero) is 1. The Hall–Kier alpha value is -0.870. The number of carbonyl (C=O) groups is 3. The first-order valence-corrected chi connectivity index (χ1v) is 21.6. The van der Waals surface area contributed by atoms with Crippen molar-refractivity contribution in [3.05, 3.63) is 23.8 Å². The Labute approximate surface area is 320 Å². The summed E-state index contributed by atoms with van der Waals surface area (Å²) in [6.45, 7) is 4.86. The molecule has 0 bridgehead atoms. The predicted octanol–water partition coefficient (Wildman–Crippen LogP) is 7.46. The molecule has 0 spiro atoms. The number of hydrogen-bond donors (Lipinski definition) is 5. The van der Waals surface area contributed by atoms with Crippen molar-refractivity contribution in [1.82, 2.24) is 0 Å². The molecule has 50 heavy (non-hydrogen) atoms. The van der Waals surface area contributed by atoms with Crippen LogP contribution in [0.2, 0.25) is 3.67 Å². The molecule has 282 valence electrons. The van der Waals surface area contributed by atoms with Crippen molar-refractivity contribution in [2.24, 2.45) is 28.6 Å². The zero-order valence-corrected chi connectivity index (χ0v) is 34.0. The maximum absolute atomic E-state index is 12.4. The standard InChI is InChI=1S/C21H28O5.C18H37.C2H4O3.Na/c1-19-7-5-13(23)9-12(19)3-4-14-15-6-8-21(26,17(25)11-22)20(15,2)10-16(24)18(14)19;1-3-5-7-9-11-13-15-17-18-16-14-12-10-8-6-4-2;3-1-2(4)5;/h5,7,9,14-16,18,22,24,26H,3-4,6,8,10-11H2,1-2H3;1,3-18H2,2H3;3H,1H2,(H,4,5);/t14-,15-,16-,18+,19-,20-,21-;;;/m0.../s1. The maximum atomic E-state index is 12.4. The van der Waals surface area contributed by atoms with E-state index >= 15 is 0 Å². The molecule has 3 saturated carbocycles. The van der Waals surface area contributed by atoms with Crippen LogP contribution in [0.5, 0.6) is 0 Å². The molecule has 9 heteroatoms. The number of carboxylic acid groups (broad SMARTS) is 1. The van der Waals surface area contributed by atoms with E-state index in [4.69, 9.17) is 15.0 Å². The van der Waals surface area contributed by atoms with E-state index in [1.807, 2.05) is 13.0 Å². The molecule has 5 N–H and O–H groups in total. The number of carboxylic acids is 1. The third kappa shape index (κ3) is 12.3. The first kappa shape index (κ1) is 45.3. The molecule has 0 unspecified atom stereocenters. The monoisotopic (exact) mass is 712 g/mol. The number of fused-ring (bicyclic) bond motifs is 5. The molecule has 7 atom stereocenters. The van der Waals surface area contributed by atoms with Crippen molar-refractivity contribution in [3.8, 4) is 0 Å². The number of aliphatic hydroxyl groups excluding tert-OH is 3. The molecular formula is C41H69NaO8. The van der Waals surface area contributed by atoms with Crippen molar-refractivity contribution >= 4 is 45.5 Å². The van der Waals surface area contributed by atoms with Crippen molar-refractivity contribution in [1.29, 1.82) is 0 Å². The molecule has 0 aromatic heterocycles. The van der Waals surface area contributed by atoms with E-state index in [9.17, 15) is 24.9 Å². The summed E-state index contributed by atoms with van der Waals surface area (Å²) in [5, 5.41) is 46.7. The summed E-state index contributed by atoms with van der Waals surface area (Å²) in [7, 11) is 0. The molecule has 0 radical (unpaired) electrons. The number of carbonyl (C=O) groups excluding carboxylic acids is 2. The zero-order chi connectivity index (χ0) is 37.2. The third-order valence-corrected chi connectivity index (χ3v) is 13.3. The Morgan fingerprint density at radius 3 is 1.80 bits per heavy atom. The molecule has 3 fully saturated rings. The van der Waals surface area contributed by atoms with E-state index in [1.165, 1.54) is 134 Å². The fourth-order valence-electron chi connectivity index (χ4n) is 9.72. The minimum absolute atomic E-state index is 0.00912. The number of ketones is 2. The van der Waals surface area contributed by atoms with Crippen molar-refractivity contribution in [3.63, 3.8) is 0 Å².